The first-order chi connectivity index (χ1) is 13.6. The number of thiophene rings is 1. The number of anilines is 1. The van der Waals surface area contributed by atoms with Crippen LogP contribution >= 0.6 is 11.3 Å². The van der Waals surface area contributed by atoms with E-state index in [9.17, 15) is 9.59 Å². The van der Waals surface area contributed by atoms with Crippen molar-refractivity contribution in [3.8, 4) is 0 Å². The predicted octanol–water partition coefficient (Wildman–Crippen LogP) is 5.35. The molecule has 1 aliphatic rings. The smallest absolute Gasteiger partial charge is 0.254 e. The highest BCUT2D eigenvalue weighted by atomic mass is 32.1. The zero-order valence-electron chi connectivity index (χ0n) is 18.3. The summed E-state index contributed by atoms with van der Waals surface area (Å²) in [7, 11) is 0. The van der Waals surface area contributed by atoms with Gasteiger partial charge in [0.25, 0.3) is 5.91 Å². The average molecular weight is 413 g/mol. The lowest BCUT2D eigenvalue weighted by molar-refractivity contribution is -0.118. The minimum Gasteiger partial charge on any atom is -0.352 e. The Morgan fingerprint density at radius 3 is 2.24 bits per heavy atom. The van der Waals surface area contributed by atoms with Gasteiger partial charge in [0.05, 0.1) is 5.56 Å². The normalized spacial score (nSPS) is 17.0. The fourth-order valence-corrected chi connectivity index (χ4v) is 5.31. The third-order valence-corrected chi connectivity index (χ3v) is 8.03. The number of aryl methyl sites for hydroxylation is 2. The molecule has 0 spiro atoms. The standard InChI is InChI=1S/C24H32N2O2S/c1-15-16(2)29-22(26-21(28)19-23(3,4)24(19,5)6)18(15)20(27)25-14-10-13-17-11-8-7-9-12-17/h7-9,11-12,19H,10,13-14H2,1-6H3,(H,25,27)(H,26,28). The van der Waals surface area contributed by atoms with Crippen LogP contribution in [0.15, 0.2) is 30.3 Å². The lowest BCUT2D eigenvalue weighted by atomic mass is 10.0. The van der Waals surface area contributed by atoms with Crippen molar-refractivity contribution in [2.75, 3.05) is 11.9 Å². The largest absolute Gasteiger partial charge is 0.352 e. The van der Waals surface area contributed by atoms with Crippen LogP contribution in [-0.2, 0) is 11.2 Å². The van der Waals surface area contributed by atoms with E-state index in [1.54, 1.807) is 0 Å². The zero-order valence-corrected chi connectivity index (χ0v) is 19.1. The van der Waals surface area contributed by atoms with E-state index in [1.165, 1.54) is 16.9 Å². The van der Waals surface area contributed by atoms with Crippen molar-refractivity contribution in [3.63, 3.8) is 0 Å². The fraction of sp³-hybridized carbons (Fsp3) is 0.500. The van der Waals surface area contributed by atoms with Gasteiger partial charge in [-0.3, -0.25) is 9.59 Å². The molecule has 156 valence electrons. The summed E-state index contributed by atoms with van der Waals surface area (Å²) in [6, 6.07) is 10.3. The maximum absolute atomic E-state index is 12.9. The number of hydrogen-bond acceptors (Lipinski definition) is 3. The Balaban J connectivity index is 1.63. The summed E-state index contributed by atoms with van der Waals surface area (Å²) in [5.74, 6) is -0.136. The molecule has 0 radical (unpaired) electrons. The summed E-state index contributed by atoms with van der Waals surface area (Å²) in [5, 5.41) is 6.76. The van der Waals surface area contributed by atoms with E-state index in [4.69, 9.17) is 0 Å². The quantitative estimate of drug-likeness (QED) is 0.602. The molecule has 3 rings (SSSR count). The Morgan fingerprint density at radius 2 is 1.66 bits per heavy atom. The van der Waals surface area contributed by atoms with Gasteiger partial charge in [-0.15, -0.1) is 11.3 Å². The van der Waals surface area contributed by atoms with Gasteiger partial charge in [-0.2, -0.15) is 0 Å². The second-order valence-corrected chi connectivity index (χ2v) is 10.4. The molecule has 1 aliphatic carbocycles. The van der Waals surface area contributed by atoms with Gasteiger partial charge in [0.2, 0.25) is 5.91 Å². The van der Waals surface area contributed by atoms with E-state index in [0.717, 1.165) is 23.3 Å². The second-order valence-electron chi connectivity index (χ2n) is 9.20. The number of hydrogen-bond donors (Lipinski definition) is 2. The van der Waals surface area contributed by atoms with Gasteiger partial charge in [0, 0.05) is 17.3 Å². The number of benzene rings is 1. The first-order valence-electron chi connectivity index (χ1n) is 10.3. The Hall–Kier alpha value is -2.14. The molecule has 1 fully saturated rings. The van der Waals surface area contributed by atoms with Crippen molar-refractivity contribution in [3.05, 3.63) is 51.9 Å². The van der Waals surface area contributed by atoms with Crippen LogP contribution in [0, 0.1) is 30.6 Å². The maximum Gasteiger partial charge on any atom is 0.254 e. The summed E-state index contributed by atoms with van der Waals surface area (Å²) in [4.78, 5) is 26.8. The second kappa shape index (κ2) is 7.94. The molecule has 0 bridgehead atoms. The fourth-order valence-electron chi connectivity index (χ4n) is 4.25. The van der Waals surface area contributed by atoms with E-state index in [0.29, 0.717) is 17.1 Å². The molecule has 5 heteroatoms. The maximum atomic E-state index is 12.9. The van der Waals surface area contributed by atoms with Crippen molar-refractivity contribution < 1.29 is 9.59 Å². The van der Waals surface area contributed by atoms with Crippen molar-refractivity contribution in [1.29, 1.82) is 0 Å². The monoisotopic (exact) mass is 412 g/mol. The van der Waals surface area contributed by atoms with Crippen LogP contribution in [0.3, 0.4) is 0 Å². The zero-order chi connectivity index (χ0) is 21.4. The minimum atomic E-state index is -0.107. The van der Waals surface area contributed by atoms with Crippen LogP contribution in [0.4, 0.5) is 5.00 Å². The lowest BCUT2D eigenvalue weighted by Crippen LogP contribution is -2.27. The van der Waals surface area contributed by atoms with Crippen LogP contribution in [0.25, 0.3) is 0 Å². The van der Waals surface area contributed by atoms with Crippen molar-refractivity contribution in [1.82, 2.24) is 5.32 Å². The first kappa shape index (κ1) is 21.6. The molecule has 0 unspecified atom stereocenters. The molecule has 1 aromatic carbocycles. The first-order valence-corrected chi connectivity index (χ1v) is 11.1. The summed E-state index contributed by atoms with van der Waals surface area (Å²) in [6.45, 7) is 13.1. The average Bonchev–Trinajstić information content (AvgIpc) is 2.90. The highest BCUT2D eigenvalue weighted by Crippen LogP contribution is 2.68. The Bertz CT molecular complexity index is 898. The molecule has 2 amide bonds. The molecule has 29 heavy (non-hydrogen) atoms. The Morgan fingerprint density at radius 1 is 1.03 bits per heavy atom. The van der Waals surface area contributed by atoms with Crippen molar-refractivity contribution >= 4 is 28.2 Å². The summed E-state index contributed by atoms with van der Waals surface area (Å²) < 4.78 is 0. The SMILES string of the molecule is Cc1sc(NC(=O)C2C(C)(C)C2(C)C)c(C(=O)NCCCc2ccccc2)c1C. The molecule has 0 atom stereocenters. The van der Waals surface area contributed by atoms with Crippen LogP contribution in [0.1, 0.15) is 60.5 Å². The van der Waals surface area contributed by atoms with E-state index in [-0.39, 0.29) is 28.6 Å². The highest BCUT2D eigenvalue weighted by molar-refractivity contribution is 7.16. The topological polar surface area (TPSA) is 58.2 Å². The van der Waals surface area contributed by atoms with Crippen molar-refractivity contribution in [2.24, 2.45) is 16.7 Å². The van der Waals surface area contributed by atoms with E-state index in [1.807, 2.05) is 32.0 Å². The van der Waals surface area contributed by atoms with Gasteiger partial charge in [-0.25, -0.2) is 0 Å². The Labute approximate surface area is 178 Å². The summed E-state index contributed by atoms with van der Waals surface area (Å²) in [5.41, 5.74) is 2.76. The van der Waals surface area contributed by atoms with Crippen molar-refractivity contribution in [2.45, 2.75) is 54.4 Å². The van der Waals surface area contributed by atoms with Gasteiger partial charge >= 0.3 is 0 Å². The van der Waals surface area contributed by atoms with Gasteiger partial charge in [0.1, 0.15) is 5.00 Å². The van der Waals surface area contributed by atoms with Crippen LogP contribution in [0.5, 0.6) is 0 Å². The number of amides is 2. The molecule has 1 aromatic heterocycles. The molecule has 1 saturated carbocycles. The van der Waals surface area contributed by atoms with Crippen LogP contribution in [-0.4, -0.2) is 18.4 Å². The van der Waals surface area contributed by atoms with Gasteiger partial charge < -0.3 is 10.6 Å². The van der Waals surface area contributed by atoms with Gasteiger partial charge in [0.15, 0.2) is 0 Å². The molecular formula is C24H32N2O2S. The third-order valence-electron chi connectivity index (χ3n) is 6.90. The lowest BCUT2D eigenvalue weighted by Gasteiger charge is -2.10. The van der Waals surface area contributed by atoms with E-state index in [2.05, 4.69) is 50.5 Å². The molecular weight excluding hydrogens is 380 g/mol. The van der Waals surface area contributed by atoms with Gasteiger partial charge in [-0.05, 0) is 48.6 Å². The van der Waals surface area contributed by atoms with Crippen LogP contribution in [0.2, 0.25) is 0 Å². The molecule has 1 heterocycles. The Kier molecular flexibility index (Phi) is 5.91. The van der Waals surface area contributed by atoms with Crippen LogP contribution < -0.4 is 10.6 Å². The minimum absolute atomic E-state index is 0.0133. The molecule has 2 aromatic rings. The number of carbonyl (C=O) groups excluding carboxylic acids is 2. The number of rotatable bonds is 7. The molecule has 2 N–H and O–H groups in total. The highest BCUT2D eigenvalue weighted by Gasteiger charge is 2.68. The number of carbonyl (C=O) groups is 2. The summed E-state index contributed by atoms with van der Waals surface area (Å²) >= 11 is 1.49. The number of nitrogens with one attached hydrogen (secondary N) is 2. The summed E-state index contributed by atoms with van der Waals surface area (Å²) in [6.07, 6.45) is 1.81. The van der Waals surface area contributed by atoms with E-state index < -0.39 is 0 Å². The third kappa shape index (κ3) is 4.11. The van der Waals surface area contributed by atoms with Gasteiger partial charge in [-0.1, -0.05) is 58.0 Å². The molecule has 4 nitrogen and oxygen atoms in total. The predicted molar refractivity (Wildman–Crippen MR) is 121 cm³/mol. The molecule has 0 saturated heterocycles. The molecule has 0 aliphatic heterocycles. The van der Waals surface area contributed by atoms with E-state index >= 15 is 0 Å².